The Morgan fingerprint density at radius 2 is 2.06 bits per heavy atom. The van der Waals surface area contributed by atoms with Crippen molar-refractivity contribution in [3.63, 3.8) is 0 Å². The maximum atomic E-state index is 12.2. The summed E-state index contributed by atoms with van der Waals surface area (Å²) < 4.78 is 0. The lowest BCUT2D eigenvalue weighted by Gasteiger charge is -2.30. The summed E-state index contributed by atoms with van der Waals surface area (Å²) in [4.78, 5) is 14.4. The third-order valence-electron chi connectivity index (χ3n) is 2.83. The predicted octanol–water partition coefficient (Wildman–Crippen LogP) is 3.86. The van der Waals surface area contributed by atoms with Gasteiger partial charge in [-0.3, -0.25) is 4.79 Å². The van der Waals surface area contributed by atoms with Crippen LogP contribution < -0.4 is 0 Å². The average Bonchev–Trinajstić information content (AvgIpc) is 2.68. The van der Waals surface area contributed by atoms with Gasteiger partial charge in [0.2, 0.25) is 0 Å². The first-order chi connectivity index (χ1) is 7.58. The number of carbonyl (C=O) groups is 1. The minimum atomic E-state index is 0.161. The van der Waals surface area contributed by atoms with Crippen LogP contribution in [0.3, 0.4) is 0 Å². The highest BCUT2D eigenvalue weighted by molar-refractivity contribution is 8.08. The zero-order valence-electron chi connectivity index (χ0n) is 9.73. The minimum Gasteiger partial charge on any atom is -0.292 e. The second-order valence-corrected chi connectivity index (χ2v) is 8.43. The van der Waals surface area contributed by atoms with Crippen molar-refractivity contribution in [3.8, 4) is 0 Å². The molecule has 16 heavy (non-hydrogen) atoms. The Hall–Kier alpha value is 0.0700. The summed E-state index contributed by atoms with van der Waals surface area (Å²) in [6.07, 6.45) is 0. The molecule has 0 aromatic carbocycles. The summed E-state index contributed by atoms with van der Waals surface area (Å²) >= 11 is 5.39. The smallest absolute Gasteiger partial charge is 0.186 e. The van der Waals surface area contributed by atoms with Crippen molar-refractivity contribution in [1.29, 1.82) is 0 Å². The van der Waals surface area contributed by atoms with E-state index < -0.39 is 0 Å². The van der Waals surface area contributed by atoms with E-state index in [4.69, 9.17) is 0 Å². The van der Waals surface area contributed by atoms with Crippen LogP contribution in [0.5, 0.6) is 0 Å². The van der Waals surface area contributed by atoms with Gasteiger partial charge >= 0.3 is 0 Å². The highest BCUT2D eigenvalue weighted by atomic mass is 32.2. The average molecular weight is 272 g/mol. The number of ketones is 1. The van der Waals surface area contributed by atoms with E-state index in [-0.39, 0.29) is 5.25 Å². The van der Waals surface area contributed by atoms with Crippen LogP contribution in [-0.4, -0.2) is 27.3 Å². The molecule has 2 heterocycles. The molecule has 1 aliphatic rings. The van der Waals surface area contributed by atoms with Crippen molar-refractivity contribution in [1.82, 2.24) is 0 Å². The molecule has 0 spiro atoms. The van der Waals surface area contributed by atoms with E-state index in [1.54, 1.807) is 11.3 Å². The molecule has 3 unspecified atom stereocenters. The maximum absolute atomic E-state index is 12.2. The first-order valence-electron chi connectivity index (χ1n) is 5.45. The molecule has 0 radical (unpaired) electrons. The lowest BCUT2D eigenvalue weighted by atomic mass is 10.2. The summed E-state index contributed by atoms with van der Waals surface area (Å²) in [5, 5.41) is 1.40. The molecule has 1 aromatic heterocycles. The van der Waals surface area contributed by atoms with E-state index in [1.165, 1.54) is 4.88 Å². The quantitative estimate of drug-likeness (QED) is 0.761. The van der Waals surface area contributed by atoms with Gasteiger partial charge in [-0.1, -0.05) is 13.8 Å². The van der Waals surface area contributed by atoms with Crippen molar-refractivity contribution in [2.45, 2.75) is 36.5 Å². The van der Waals surface area contributed by atoms with Crippen molar-refractivity contribution in [2.75, 3.05) is 5.75 Å². The Bertz CT molecular complexity index is 385. The van der Waals surface area contributed by atoms with E-state index >= 15 is 0 Å². The first-order valence-corrected chi connectivity index (χ1v) is 8.26. The topological polar surface area (TPSA) is 17.1 Å². The number of Topliss-reactive ketones (excluding diaryl/α,β-unsaturated/α-hetero) is 1. The van der Waals surface area contributed by atoms with Crippen LogP contribution in [0, 0.1) is 6.92 Å². The van der Waals surface area contributed by atoms with Crippen molar-refractivity contribution in [2.24, 2.45) is 0 Å². The van der Waals surface area contributed by atoms with Gasteiger partial charge in [0.05, 0.1) is 10.1 Å². The SMILES string of the molecule is Cc1ccc(C(=O)C2CSC(C)C(C)S2)s1. The molecule has 88 valence electrons. The molecule has 2 rings (SSSR count). The molecule has 1 saturated heterocycles. The molecule has 3 atom stereocenters. The van der Waals surface area contributed by atoms with Gasteiger partial charge in [-0.2, -0.15) is 11.8 Å². The summed E-state index contributed by atoms with van der Waals surface area (Å²) in [5.41, 5.74) is 0. The number of aryl methyl sites for hydroxylation is 1. The molecule has 4 heteroatoms. The molecule has 0 saturated carbocycles. The standard InChI is InChI=1S/C12H16OS3/c1-7-4-5-10(15-7)12(13)11-6-14-8(2)9(3)16-11/h4-5,8-9,11H,6H2,1-3H3. The number of carbonyl (C=O) groups excluding carboxylic acids is 1. The van der Waals surface area contributed by atoms with Crippen LogP contribution in [-0.2, 0) is 0 Å². The lowest BCUT2D eigenvalue weighted by molar-refractivity contribution is 0.0998. The molecule has 0 aliphatic carbocycles. The third kappa shape index (κ3) is 2.66. The van der Waals surface area contributed by atoms with Gasteiger partial charge in [-0.25, -0.2) is 0 Å². The fraction of sp³-hybridized carbons (Fsp3) is 0.583. The number of thiophene rings is 1. The second kappa shape index (κ2) is 5.15. The summed E-state index contributed by atoms with van der Waals surface area (Å²) in [6, 6.07) is 4.00. The van der Waals surface area contributed by atoms with Gasteiger partial charge in [0.15, 0.2) is 5.78 Å². The first kappa shape index (κ1) is 12.5. The Kier molecular flexibility index (Phi) is 4.03. The molecule has 1 aliphatic heterocycles. The Labute approximate surface area is 109 Å². The van der Waals surface area contributed by atoms with Gasteiger partial charge < -0.3 is 0 Å². The molecule has 0 amide bonds. The fourth-order valence-corrected chi connectivity index (χ4v) is 5.45. The summed E-state index contributed by atoms with van der Waals surface area (Å²) in [7, 11) is 0. The van der Waals surface area contributed by atoms with E-state index in [2.05, 4.69) is 20.8 Å². The van der Waals surface area contributed by atoms with Gasteiger partial charge in [-0.05, 0) is 19.1 Å². The second-order valence-electron chi connectivity index (χ2n) is 4.14. The van der Waals surface area contributed by atoms with Crippen LogP contribution in [0.2, 0.25) is 0 Å². The molecule has 0 bridgehead atoms. The van der Waals surface area contributed by atoms with Crippen LogP contribution in [0.15, 0.2) is 12.1 Å². The highest BCUT2D eigenvalue weighted by Crippen LogP contribution is 2.37. The number of thioether (sulfide) groups is 2. The zero-order chi connectivity index (χ0) is 11.7. The van der Waals surface area contributed by atoms with E-state index in [0.717, 1.165) is 10.6 Å². The number of hydrogen-bond donors (Lipinski definition) is 0. The zero-order valence-corrected chi connectivity index (χ0v) is 12.2. The van der Waals surface area contributed by atoms with Crippen molar-refractivity contribution < 1.29 is 4.79 Å². The van der Waals surface area contributed by atoms with Gasteiger partial charge in [0.25, 0.3) is 0 Å². The number of rotatable bonds is 2. The van der Waals surface area contributed by atoms with Crippen LogP contribution in [0.25, 0.3) is 0 Å². The molecule has 1 fully saturated rings. The largest absolute Gasteiger partial charge is 0.292 e. The van der Waals surface area contributed by atoms with E-state index in [9.17, 15) is 4.79 Å². The van der Waals surface area contributed by atoms with Gasteiger partial charge in [0, 0.05) is 21.1 Å². The normalized spacial score (nSPS) is 30.3. The Morgan fingerprint density at radius 1 is 1.31 bits per heavy atom. The monoisotopic (exact) mass is 272 g/mol. The lowest BCUT2D eigenvalue weighted by Crippen LogP contribution is -2.31. The molecule has 1 aromatic rings. The highest BCUT2D eigenvalue weighted by Gasteiger charge is 2.31. The Balaban J connectivity index is 2.06. The molecule has 1 nitrogen and oxygen atoms in total. The summed E-state index contributed by atoms with van der Waals surface area (Å²) in [6.45, 7) is 6.52. The van der Waals surface area contributed by atoms with Crippen LogP contribution in [0.1, 0.15) is 28.4 Å². The molecule has 0 N–H and O–H groups in total. The number of hydrogen-bond acceptors (Lipinski definition) is 4. The van der Waals surface area contributed by atoms with Crippen LogP contribution in [0.4, 0.5) is 0 Å². The molecular weight excluding hydrogens is 256 g/mol. The third-order valence-corrected chi connectivity index (χ3v) is 7.23. The van der Waals surface area contributed by atoms with Crippen molar-refractivity contribution in [3.05, 3.63) is 21.9 Å². The predicted molar refractivity (Wildman–Crippen MR) is 76.1 cm³/mol. The van der Waals surface area contributed by atoms with Gasteiger partial charge in [-0.15, -0.1) is 23.1 Å². The fourth-order valence-electron chi connectivity index (χ4n) is 1.65. The van der Waals surface area contributed by atoms with Gasteiger partial charge in [0.1, 0.15) is 0 Å². The molecular formula is C12H16OS3. The minimum absolute atomic E-state index is 0.161. The van der Waals surface area contributed by atoms with Crippen molar-refractivity contribution >= 4 is 40.6 Å². The van der Waals surface area contributed by atoms with Crippen LogP contribution >= 0.6 is 34.9 Å². The van der Waals surface area contributed by atoms with E-state index in [1.807, 2.05) is 35.7 Å². The Morgan fingerprint density at radius 3 is 2.62 bits per heavy atom. The van der Waals surface area contributed by atoms with E-state index in [0.29, 0.717) is 16.3 Å². The summed E-state index contributed by atoms with van der Waals surface area (Å²) in [5.74, 6) is 1.29. The maximum Gasteiger partial charge on any atom is 0.186 e.